The fourth-order valence-corrected chi connectivity index (χ4v) is 6.19. The molecule has 2 aromatic carbocycles. The molecule has 0 unspecified atom stereocenters. The van der Waals surface area contributed by atoms with Crippen LogP contribution >= 0.6 is 0 Å². The molecular weight excluding hydrogens is 448 g/mol. The summed E-state index contributed by atoms with van der Waals surface area (Å²) in [4.78, 5) is 31.6. The van der Waals surface area contributed by atoms with Crippen LogP contribution in [0.4, 0.5) is 0 Å². The van der Waals surface area contributed by atoms with Gasteiger partial charge >= 0.3 is 5.97 Å². The third-order valence-corrected chi connectivity index (χ3v) is 8.61. The minimum Gasteiger partial charge on any atom is -0.469 e. The Labute approximate surface area is 213 Å². The number of hydrogen-bond donors (Lipinski definition) is 1. The first kappa shape index (κ1) is 24.5. The van der Waals surface area contributed by atoms with E-state index in [1.165, 1.54) is 12.7 Å². The third kappa shape index (κ3) is 4.08. The summed E-state index contributed by atoms with van der Waals surface area (Å²) in [7, 11) is 1.48. The van der Waals surface area contributed by atoms with Crippen LogP contribution in [-0.2, 0) is 14.9 Å². The Morgan fingerprint density at radius 3 is 2.17 bits per heavy atom. The molecule has 2 bridgehead atoms. The lowest BCUT2D eigenvalue weighted by Crippen LogP contribution is -2.58. The largest absolute Gasteiger partial charge is 0.469 e. The quantitative estimate of drug-likeness (QED) is 0.429. The van der Waals surface area contributed by atoms with Gasteiger partial charge in [0.25, 0.3) is 5.91 Å². The monoisotopic (exact) mass is 484 g/mol. The van der Waals surface area contributed by atoms with E-state index >= 15 is 0 Å². The number of ether oxygens (including phenoxy) is 1. The second-order valence-corrected chi connectivity index (χ2v) is 11.8. The van der Waals surface area contributed by atoms with E-state index in [4.69, 9.17) is 9.72 Å². The summed E-state index contributed by atoms with van der Waals surface area (Å²) in [6.45, 7) is 8.56. The predicted octanol–water partition coefficient (Wildman–Crippen LogP) is 6.50. The highest BCUT2D eigenvalue weighted by molar-refractivity contribution is 6.09. The second-order valence-electron chi connectivity index (χ2n) is 11.8. The van der Waals surface area contributed by atoms with Crippen molar-refractivity contribution in [3.8, 4) is 11.3 Å². The summed E-state index contributed by atoms with van der Waals surface area (Å²) in [5.74, 6) is -0.143. The van der Waals surface area contributed by atoms with Crippen LogP contribution in [0.2, 0.25) is 0 Å². The molecule has 0 radical (unpaired) electrons. The number of carbonyl (C=O) groups is 2. The number of methoxy groups -OCH3 is 1. The first-order valence-corrected chi connectivity index (χ1v) is 13.0. The van der Waals surface area contributed by atoms with Crippen molar-refractivity contribution in [3.63, 3.8) is 0 Å². The predicted molar refractivity (Wildman–Crippen MR) is 143 cm³/mol. The van der Waals surface area contributed by atoms with Crippen molar-refractivity contribution in [2.24, 2.45) is 5.41 Å². The standard InChI is InChI=1S/C31H36N2O3/c1-20-25(27(34)33-31-16-13-30(14-17-31,15-18-31)28(35)36-5)23-19-22(29(2,3)4)11-12-24(23)32-26(20)21-9-7-6-8-10-21/h6-12,19H,13-18H2,1-5H3,(H,33,34). The maximum atomic E-state index is 14.1. The number of pyridine rings is 1. The number of fused-ring (bicyclic) bond motifs is 4. The van der Waals surface area contributed by atoms with Crippen LogP contribution in [0, 0.1) is 12.3 Å². The molecule has 3 saturated carbocycles. The maximum Gasteiger partial charge on any atom is 0.311 e. The van der Waals surface area contributed by atoms with E-state index in [-0.39, 0.29) is 28.2 Å². The maximum absolute atomic E-state index is 14.1. The molecule has 3 aliphatic rings. The average Bonchev–Trinajstić information content (AvgIpc) is 2.88. The first-order chi connectivity index (χ1) is 17.1. The topological polar surface area (TPSA) is 68.3 Å². The molecule has 5 nitrogen and oxygen atoms in total. The van der Waals surface area contributed by atoms with Gasteiger partial charge in [-0.3, -0.25) is 9.59 Å². The van der Waals surface area contributed by atoms with Crippen molar-refractivity contribution in [1.29, 1.82) is 0 Å². The van der Waals surface area contributed by atoms with Gasteiger partial charge in [-0.05, 0) is 74.1 Å². The minimum absolute atomic E-state index is 0.0451. The Morgan fingerprint density at radius 1 is 0.944 bits per heavy atom. The smallest absolute Gasteiger partial charge is 0.311 e. The third-order valence-electron chi connectivity index (χ3n) is 8.61. The molecule has 188 valence electrons. The summed E-state index contributed by atoms with van der Waals surface area (Å²) in [6.07, 6.45) is 4.69. The lowest BCUT2D eigenvalue weighted by molar-refractivity contribution is -0.160. The van der Waals surface area contributed by atoms with Gasteiger partial charge in [-0.1, -0.05) is 57.2 Å². The normalized spacial score (nSPS) is 23.5. The lowest BCUT2D eigenvalue weighted by atomic mass is 9.57. The average molecular weight is 485 g/mol. The van der Waals surface area contributed by atoms with Gasteiger partial charge in [0.15, 0.2) is 0 Å². The van der Waals surface area contributed by atoms with E-state index in [1.54, 1.807) is 0 Å². The molecule has 3 fully saturated rings. The van der Waals surface area contributed by atoms with Crippen LogP contribution in [0.15, 0.2) is 48.5 Å². The van der Waals surface area contributed by atoms with Crippen LogP contribution in [0.1, 0.15) is 80.8 Å². The lowest BCUT2D eigenvalue weighted by Gasteiger charge is -2.52. The number of amides is 1. The van der Waals surface area contributed by atoms with E-state index in [1.807, 2.05) is 43.3 Å². The molecule has 1 aromatic heterocycles. The van der Waals surface area contributed by atoms with Gasteiger partial charge in [-0.25, -0.2) is 4.98 Å². The van der Waals surface area contributed by atoms with Crippen LogP contribution in [0.3, 0.4) is 0 Å². The molecule has 36 heavy (non-hydrogen) atoms. The fourth-order valence-electron chi connectivity index (χ4n) is 6.19. The molecule has 3 aliphatic carbocycles. The molecule has 3 aromatic rings. The molecule has 5 heteroatoms. The van der Waals surface area contributed by atoms with Crippen LogP contribution < -0.4 is 5.32 Å². The molecule has 1 heterocycles. The fraction of sp³-hybridized carbons (Fsp3) is 0.452. The molecule has 6 rings (SSSR count). The molecule has 1 amide bonds. The SMILES string of the molecule is COC(=O)C12CCC(NC(=O)c3c(C)c(-c4ccccc4)nc4ccc(C(C)(C)C)cc34)(CC1)CC2. The molecule has 0 aliphatic heterocycles. The van der Waals surface area contributed by atoms with E-state index < -0.39 is 0 Å². The Bertz CT molecular complexity index is 1310. The van der Waals surface area contributed by atoms with Gasteiger partial charge in [0.05, 0.1) is 29.3 Å². The summed E-state index contributed by atoms with van der Waals surface area (Å²) < 4.78 is 5.12. The summed E-state index contributed by atoms with van der Waals surface area (Å²) in [6, 6.07) is 16.4. The zero-order valence-corrected chi connectivity index (χ0v) is 22.0. The Hall–Kier alpha value is -3.21. The van der Waals surface area contributed by atoms with E-state index in [0.29, 0.717) is 5.56 Å². The van der Waals surface area contributed by atoms with E-state index in [0.717, 1.165) is 66.2 Å². The summed E-state index contributed by atoms with van der Waals surface area (Å²) >= 11 is 0. The number of aromatic nitrogens is 1. The van der Waals surface area contributed by atoms with E-state index in [9.17, 15) is 9.59 Å². The number of esters is 1. The van der Waals surface area contributed by atoms with E-state index in [2.05, 4.69) is 38.2 Å². The first-order valence-electron chi connectivity index (χ1n) is 13.0. The number of nitrogens with one attached hydrogen (secondary N) is 1. The van der Waals surface area contributed by atoms with Crippen molar-refractivity contribution in [1.82, 2.24) is 10.3 Å². The number of benzene rings is 2. The zero-order chi connectivity index (χ0) is 25.7. The van der Waals surface area contributed by atoms with Gasteiger partial charge in [0.1, 0.15) is 0 Å². The van der Waals surface area contributed by atoms with Gasteiger partial charge in [0.2, 0.25) is 0 Å². The van der Waals surface area contributed by atoms with Gasteiger partial charge in [0, 0.05) is 16.5 Å². The molecule has 1 N–H and O–H groups in total. The molecular formula is C31H36N2O3. The van der Waals surface area contributed by atoms with Crippen LogP contribution in [-0.4, -0.2) is 29.5 Å². The summed E-state index contributed by atoms with van der Waals surface area (Å²) in [5, 5.41) is 4.35. The highest BCUT2D eigenvalue weighted by Crippen LogP contribution is 2.53. The van der Waals surface area contributed by atoms with Crippen LogP contribution in [0.25, 0.3) is 22.2 Å². The van der Waals surface area contributed by atoms with Crippen molar-refractivity contribution < 1.29 is 14.3 Å². The molecule has 0 saturated heterocycles. The van der Waals surface area contributed by atoms with Gasteiger partial charge in [-0.15, -0.1) is 0 Å². The van der Waals surface area contributed by atoms with Crippen molar-refractivity contribution >= 4 is 22.8 Å². The highest BCUT2D eigenvalue weighted by atomic mass is 16.5. The highest BCUT2D eigenvalue weighted by Gasteiger charge is 2.53. The summed E-state index contributed by atoms with van der Waals surface area (Å²) in [5.41, 5.74) is 4.75. The number of hydrogen-bond acceptors (Lipinski definition) is 4. The Kier molecular flexibility index (Phi) is 5.93. The van der Waals surface area contributed by atoms with Crippen molar-refractivity contribution in [3.05, 3.63) is 65.2 Å². The minimum atomic E-state index is -0.372. The number of nitrogens with zero attached hydrogens (tertiary/aromatic N) is 1. The second kappa shape index (κ2) is 8.72. The van der Waals surface area contributed by atoms with Gasteiger partial charge in [-0.2, -0.15) is 0 Å². The number of carbonyl (C=O) groups excluding carboxylic acids is 2. The number of rotatable bonds is 4. The van der Waals surface area contributed by atoms with Crippen molar-refractivity contribution in [2.45, 2.75) is 77.2 Å². The Morgan fingerprint density at radius 2 is 1.58 bits per heavy atom. The molecule has 0 spiro atoms. The van der Waals surface area contributed by atoms with Crippen LogP contribution in [0.5, 0.6) is 0 Å². The molecule has 0 atom stereocenters. The van der Waals surface area contributed by atoms with Gasteiger partial charge < -0.3 is 10.1 Å². The van der Waals surface area contributed by atoms with Crippen molar-refractivity contribution in [2.75, 3.05) is 7.11 Å². The zero-order valence-electron chi connectivity index (χ0n) is 22.0. The Balaban J connectivity index is 1.57.